The minimum atomic E-state index is -0.525. The van der Waals surface area contributed by atoms with Crippen molar-refractivity contribution in [1.82, 2.24) is 24.5 Å². The highest BCUT2D eigenvalue weighted by molar-refractivity contribution is 5.72. The van der Waals surface area contributed by atoms with Gasteiger partial charge in [0.15, 0.2) is 0 Å². The lowest BCUT2D eigenvalue weighted by Crippen LogP contribution is -2.39. The summed E-state index contributed by atoms with van der Waals surface area (Å²) in [6, 6.07) is 11.8. The first-order valence-corrected chi connectivity index (χ1v) is 12.5. The summed E-state index contributed by atoms with van der Waals surface area (Å²) in [5.41, 5.74) is 8.87. The fraction of sp³-hybridized carbons (Fsp3) is 0.444. The molecule has 1 aliphatic rings. The van der Waals surface area contributed by atoms with Crippen molar-refractivity contribution >= 4 is 11.9 Å². The smallest absolute Gasteiger partial charge is 0.410 e. The average molecular weight is 501 g/mol. The minimum Gasteiger partial charge on any atom is -0.444 e. The van der Waals surface area contributed by atoms with Crippen LogP contribution in [-0.4, -0.2) is 49.2 Å². The molecule has 10 heteroatoms. The Balaban J connectivity index is 1.50. The zero-order valence-electron chi connectivity index (χ0n) is 21.5. The summed E-state index contributed by atoms with van der Waals surface area (Å²) in [5, 5.41) is 28.4. The Bertz CT molecular complexity index is 1340. The maximum atomic E-state index is 12.5. The van der Waals surface area contributed by atoms with E-state index in [9.17, 15) is 15.3 Å². The lowest BCUT2D eigenvalue weighted by molar-refractivity contribution is 0.0228. The van der Waals surface area contributed by atoms with E-state index in [1.54, 1.807) is 26.5 Å². The molecule has 0 saturated carbocycles. The first-order chi connectivity index (χ1) is 17.7. The number of carbonyl (C=O) groups is 1. The third kappa shape index (κ3) is 5.92. The molecule has 3 aromatic rings. The molecule has 0 bridgehead atoms. The predicted octanol–water partition coefficient (Wildman–Crippen LogP) is 4.47. The van der Waals surface area contributed by atoms with E-state index >= 15 is 0 Å². The molecule has 0 aliphatic carbocycles. The van der Waals surface area contributed by atoms with Gasteiger partial charge in [-0.3, -0.25) is 4.68 Å². The summed E-state index contributed by atoms with van der Waals surface area (Å²) in [6.45, 7) is 7.22. The summed E-state index contributed by atoms with van der Waals surface area (Å²) in [6.07, 6.45) is 6.30. The second-order valence-electron chi connectivity index (χ2n) is 10.3. The molecule has 1 aliphatic heterocycles. The SMILES string of the molecule is CC(C)(C)OC(=O)N1CCCC(n2nc(-c3cnn(Cc4ccccc4C#N)c3)c(C#N)c2N)CCC1. The van der Waals surface area contributed by atoms with Gasteiger partial charge in [-0.05, 0) is 58.1 Å². The van der Waals surface area contributed by atoms with E-state index < -0.39 is 5.60 Å². The Kier molecular flexibility index (Phi) is 7.49. The number of benzene rings is 1. The van der Waals surface area contributed by atoms with Crippen LogP contribution < -0.4 is 5.73 Å². The number of amides is 1. The maximum Gasteiger partial charge on any atom is 0.410 e. The van der Waals surface area contributed by atoms with Gasteiger partial charge in [-0.25, -0.2) is 9.48 Å². The molecule has 1 aromatic carbocycles. The first-order valence-electron chi connectivity index (χ1n) is 12.5. The molecule has 1 saturated heterocycles. The highest BCUT2D eigenvalue weighted by Gasteiger charge is 2.27. The van der Waals surface area contributed by atoms with Gasteiger partial charge < -0.3 is 15.4 Å². The molecule has 1 fully saturated rings. The first kappa shape index (κ1) is 25.8. The number of nitriles is 2. The third-order valence-electron chi connectivity index (χ3n) is 6.36. The summed E-state index contributed by atoms with van der Waals surface area (Å²) in [4.78, 5) is 14.3. The number of likely N-dealkylation sites (tertiary alicyclic amines) is 1. The van der Waals surface area contributed by atoms with Crippen LogP contribution in [0.3, 0.4) is 0 Å². The summed E-state index contributed by atoms with van der Waals surface area (Å²) >= 11 is 0. The standard InChI is InChI=1S/C27H32N8O2/c1-27(2,3)37-26(36)33-12-6-10-22(11-7-13-33)35-25(30)23(15-29)24(32-35)21-16-31-34(18-21)17-20-9-5-4-8-19(20)14-28/h4-5,8-9,16,18,22H,6-7,10-13,17,30H2,1-3H3. The van der Waals surface area contributed by atoms with Crippen LogP contribution in [0.5, 0.6) is 0 Å². The monoisotopic (exact) mass is 500 g/mol. The average Bonchev–Trinajstić information content (AvgIpc) is 3.42. The van der Waals surface area contributed by atoms with Gasteiger partial charge in [-0.15, -0.1) is 0 Å². The van der Waals surface area contributed by atoms with Crippen molar-refractivity contribution in [2.75, 3.05) is 18.8 Å². The Morgan fingerprint density at radius 1 is 1.16 bits per heavy atom. The molecule has 37 heavy (non-hydrogen) atoms. The minimum absolute atomic E-state index is 0.0270. The molecule has 0 spiro atoms. The van der Waals surface area contributed by atoms with Gasteiger partial charge >= 0.3 is 6.09 Å². The molecular formula is C27H32N8O2. The molecule has 1 amide bonds. The van der Waals surface area contributed by atoms with Crippen LogP contribution in [0.25, 0.3) is 11.3 Å². The highest BCUT2D eigenvalue weighted by Crippen LogP contribution is 2.32. The van der Waals surface area contributed by atoms with E-state index in [-0.39, 0.29) is 12.1 Å². The van der Waals surface area contributed by atoms with Crippen LogP contribution in [0.15, 0.2) is 36.7 Å². The van der Waals surface area contributed by atoms with E-state index in [1.807, 2.05) is 45.2 Å². The van der Waals surface area contributed by atoms with Gasteiger partial charge in [0.1, 0.15) is 28.7 Å². The molecule has 3 heterocycles. The topological polar surface area (TPSA) is 139 Å². The number of ether oxygens (including phenoxy) is 1. The summed E-state index contributed by atoms with van der Waals surface area (Å²) in [5.74, 6) is 0.342. The Morgan fingerprint density at radius 3 is 2.51 bits per heavy atom. The van der Waals surface area contributed by atoms with Crippen molar-refractivity contribution < 1.29 is 9.53 Å². The number of nitrogens with zero attached hydrogens (tertiary/aromatic N) is 7. The number of aromatic nitrogens is 4. The van der Waals surface area contributed by atoms with Crippen molar-refractivity contribution in [2.24, 2.45) is 0 Å². The molecule has 2 aromatic heterocycles. The van der Waals surface area contributed by atoms with Gasteiger partial charge in [0.2, 0.25) is 0 Å². The molecule has 10 nitrogen and oxygen atoms in total. The number of nitrogen functional groups attached to an aromatic ring is 1. The third-order valence-corrected chi connectivity index (χ3v) is 6.36. The lowest BCUT2D eigenvalue weighted by atomic mass is 10.0. The molecule has 192 valence electrons. The van der Waals surface area contributed by atoms with Crippen LogP contribution in [-0.2, 0) is 11.3 Å². The van der Waals surface area contributed by atoms with Gasteiger partial charge in [0.05, 0.1) is 30.4 Å². The highest BCUT2D eigenvalue weighted by atomic mass is 16.6. The molecule has 0 atom stereocenters. The van der Waals surface area contributed by atoms with E-state index in [1.165, 1.54) is 0 Å². The fourth-order valence-corrected chi connectivity index (χ4v) is 4.60. The number of hydrogen-bond donors (Lipinski definition) is 1. The maximum absolute atomic E-state index is 12.5. The quantitative estimate of drug-likeness (QED) is 0.557. The zero-order chi connectivity index (χ0) is 26.6. The van der Waals surface area contributed by atoms with Crippen molar-refractivity contribution in [3.05, 3.63) is 53.3 Å². The van der Waals surface area contributed by atoms with Crippen molar-refractivity contribution in [3.8, 4) is 23.4 Å². The normalized spacial score (nSPS) is 14.9. The van der Waals surface area contributed by atoms with Crippen molar-refractivity contribution in [3.63, 3.8) is 0 Å². The Hall–Kier alpha value is -4.31. The number of anilines is 1. The van der Waals surface area contributed by atoms with E-state index in [0.29, 0.717) is 47.8 Å². The Labute approximate surface area is 216 Å². The molecular weight excluding hydrogens is 468 g/mol. The van der Waals surface area contributed by atoms with Gasteiger partial charge in [-0.1, -0.05) is 18.2 Å². The van der Waals surface area contributed by atoms with E-state index in [0.717, 1.165) is 31.2 Å². The molecule has 0 radical (unpaired) electrons. The van der Waals surface area contributed by atoms with E-state index in [4.69, 9.17) is 15.6 Å². The van der Waals surface area contributed by atoms with Crippen LogP contribution in [0, 0.1) is 22.7 Å². The number of hydrogen-bond acceptors (Lipinski definition) is 7. The van der Waals surface area contributed by atoms with Crippen LogP contribution in [0.2, 0.25) is 0 Å². The van der Waals surface area contributed by atoms with E-state index in [2.05, 4.69) is 17.2 Å². The summed E-state index contributed by atoms with van der Waals surface area (Å²) in [7, 11) is 0. The van der Waals surface area contributed by atoms with Crippen LogP contribution in [0.1, 0.15) is 69.2 Å². The number of nitrogens with two attached hydrogens (primary N) is 1. The van der Waals surface area contributed by atoms with Gasteiger partial charge in [0.25, 0.3) is 0 Å². The van der Waals surface area contributed by atoms with Crippen molar-refractivity contribution in [1.29, 1.82) is 10.5 Å². The van der Waals surface area contributed by atoms with Gasteiger partial charge in [-0.2, -0.15) is 20.7 Å². The second kappa shape index (κ2) is 10.8. The molecule has 0 unspecified atom stereocenters. The molecule has 4 rings (SSSR count). The lowest BCUT2D eigenvalue weighted by Gasteiger charge is -2.30. The van der Waals surface area contributed by atoms with Crippen LogP contribution >= 0.6 is 0 Å². The number of rotatable bonds is 4. The fourth-order valence-electron chi connectivity index (χ4n) is 4.60. The Morgan fingerprint density at radius 2 is 1.86 bits per heavy atom. The summed E-state index contributed by atoms with van der Waals surface area (Å²) < 4.78 is 9.02. The second-order valence-corrected chi connectivity index (χ2v) is 10.3. The molecule has 2 N–H and O–H groups in total. The largest absolute Gasteiger partial charge is 0.444 e. The van der Waals surface area contributed by atoms with Gasteiger partial charge in [0, 0.05) is 24.8 Å². The number of carbonyl (C=O) groups excluding carboxylic acids is 1. The zero-order valence-corrected chi connectivity index (χ0v) is 21.5. The van der Waals surface area contributed by atoms with Crippen molar-refractivity contribution in [2.45, 2.75) is 64.6 Å². The predicted molar refractivity (Wildman–Crippen MR) is 138 cm³/mol. The van der Waals surface area contributed by atoms with Crippen LogP contribution in [0.4, 0.5) is 10.6 Å².